The lowest BCUT2D eigenvalue weighted by Crippen LogP contribution is -2.25. The Morgan fingerprint density at radius 2 is 1.52 bits per heavy atom. The van der Waals surface area contributed by atoms with Crippen molar-refractivity contribution in [3.63, 3.8) is 0 Å². The molecule has 7 heteroatoms. The van der Waals surface area contributed by atoms with Gasteiger partial charge in [0.25, 0.3) is 5.91 Å². The molecule has 0 unspecified atom stereocenters. The van der Waals surface area contributed by atoms with E-state index in [0.29, 0.717) is 39.1 Å². The molecule has 206 valence electrons. The Labute approximate surface area is 256 Å². The number of anilines is 1. The van der Waals surface area contributed by atoms with Crippen LogP contribution in [0.15, 0.2) is 136 Å². The summed E-state index contributed by atoms with van der Waals surface area (Å²) in [6.07, 6.45) is 3.56. The van der Waals surface area contributed by atoms with E-state index in [0.717, 1.165) is 21.2 Å². The highest BCUT2D eigenvalue weighted by molar-refractivity contribution is 9.10. The predicted molar refractivity (Wildman–Crippen MR) is 169 cm³/mol. The van der Waals surface area contributed by atoms with Crippen molar-refractivity contribution in [2.45, 2.75) is 6.61 Å². The van der Waals surface area contributed by atoms with Crippen molar-refractivity contribution in [3.8, 4) is 11.3 Å². The topological polar surface area (TPSA) is 59.8 Å². The molecule has 1 aliphatic heterocycles. The van der Waals surface area contributed by atoms with Crippen molar-refractivity contribution in [2.24, 2.45) is 0 Å². The average Bonchev–Trinajstić information content (AvgIpc) is 3.62. The van der Waals surface area contributed by atoms with Crippen LogP contribution < -0.4 is 4.90 Å². The third-order valence-electron chi connectivity index (χ3n) is 6.75. The molecule has 42 heavy (non-hydrogen) atoms. The van der Waals surface area contributed by atoms with Gasteiger partial charge in [-0.25, -0.2) is 4.79 Å². The Hall–Kier alpha value is -4.65. The fraction of sp³-hybridized carbons (Fsp3) is 0.0286. The molecular formula is C35H23BrClNO4. The van der Waals surface area contributed by atoms with Crippen LogP contribution in [0.5, 0.6) is 0 Å². The van der Waals surface area contributed by atoms with Gasteiger partial charge in [0.2, 0.25) is 0 Å². The number of halogens is 2. The van der Waals surface area contributed by atoms with Crippen LogP contribution >= 0.6 is 27.5 Å². The number of amides is 1. The van der Waals surface area contributed by atoms with Crippen LogP contribution in [0.3, 0.4) is 0 Å². The lowest BCUT2D eigenvalue weighted by atomic mass is 10.1. The molecule has 5 nitrogen and oxygen atoms in total. The predicted octanol–water partition coefficient (Wildman–Crippen LogP) is 9.19. The normalized spacial score (nSPS) is 13.9. The second kappa shape index (κ2) is 12.1. The molecule has 4 aromatic carbocycles. The minimum absolute atomic E-state index is 0.181. The first kappa shape index (κ1) is 27.5. The van der Waals surface area contributed by atoms with Gasteiger partial charge in [0, 0.05) is 26.3 Å². The smallest absolute Gasteiger partial charge is 0.338 e. The third-order valence-corrected chi connectivity index (χ3v) is 7.53. The van der Waals surface area contributed by atoms with Gasteiger partial charge in [-0.2, -0.15) is 0 Å². The molecule has 0 fully saturated rings. The molecule has 0 N–H and O–H groups in total. The van der Waals surface area contributed by atoms with E-state index in [2.05, 4.69) is 15.9 Å². The van der Waals surface area contributed by atoms with E-state index in [4.69, 9.17) is 20.8 Å². The van der Waals surface area contributed by atoms with Crippen LogP contribution in [0.2, 0.25) is 5.02 Å². The number of carbonyl (C=O) groups is 2. The third kappa shape index (κ3) is 6.00. The maximum atomic E-state index is 13.8. The molecule has 0 saturated heterocycles. The highest BCUT2D eigenvalue weighted by atomic mass is 79.9. The first-order valence-corrected chi connectivity index (χ1v) is 14.3. The molecule has 6 rings (SSSR count). The van der Waals surface area contributed by atoms with E-state index < -0.39 is 5.97 Å². The SMILES string of the molecule is O=C(OCc1ccccc1)c1ccc(N2C(=O)/C(=C\c3ccc(-c4ccc(Br)cc4)o3)C=C2c2ccc(Cl)cc2)cc1. The zero-order valence-corrected chi connectivity index (χ0v) is 24.5. The van der Waals surface area contributed by atoms with E-state index in [9.17, 15) is 9.59 Å². The molecule has 0 saturated carbocycles. The van der Waals surface area contributed by atoms with Crippen molar-refractivity contribution in [3.05, 3.63) is 159 Å². The monoisotopic (exact) mass is 635 g/mol. The van der Waals surface area contributed by atoms with Crippen LogP contribution in [0, 0.1) is 0 Å². The summed E-state index contributed by atoms with van der Waals surface area (Å²) >= 11 is 9.59. The van der Waals surface area contributed by atoms with Gasteiger partial charge in [-0.05, 0) is 83.9 Å². The van der Waals surface area contributed by atoms with Crippen molar-refractivity contribution in [1.29, 1.82) is 0 Å². The second-order valence-electron chi connectivity index (χ2n) is 9.59. The Morgan fingerprint density at radius 3 is 2.24 bits per heavy atom. The summed E-state index contributed by atoms with van der Waals surface area (Å²) in [4.78, 5) is 28.1. The van der Waals surface area contributed by atoms with E-state index in [1.807, 2.05) is 84.9 Å². The molecule has 0 atom stereocenters. The van der Waals surface area contributed by atoms with Crippen molar-refractivity contribution in [2.75, 3.05) is 4.90 Å². The lowest BCUT2D eigenvalue weighted by Gasteiger charge is -2.21. The molecule has 0 spiro atoms. The highest BCUT2D eigenvalue weighted by Crippen LogP contribution is 2.36. The lowest BCUT2D eigenvalue weighted by molar-refractivity contribution is -0.113. The van der Waals surface area contributed by atoms with Gasteiger partial charge in [0.15, 0.2) is 0 Å². The Balaban J connectivity index is 1.27. The van der Waals surface area contributed by atoms with Crippen molar-refractivity contribution < 1.29 is 18.7 Å². The summed E-state index contributed by atoms with van der Waals surface area (Å²) in [5, 5.41) is 0.598. The molecule has 1 amide bonds. The number of benzene rings is 4. The van der Waals surface area contributed by atoms with Crippen LogP contribution in [0.1, 0.15) is 27.2 Å². The molecule has 5 aromatic rings. The summed E-state index contributed by atoms with van der Waals surface area (Å²) in [5.74, 6) is 0.599. The van der Waals surface area contributed by atoms with Gasteiger partial charge in [-0.3, -0.25) is 9.69 Å². The standard InChI is InChI=1S/C35H23BrClNO4/c36-28-12-6-25(7-13-28)33-19-18-31(42-33)20-27-21-32(24-8-14-29(37)15-9-24)38(34(27)39)30-16-10-26(11-17-30)35(40)41-22-23-4-2-1-3-5-23/h1-21H,22H2/b27-20-. The van der Waals surface area contributed by atoms with Gasteiger partial charge in [-0.1, -0.05) is 82.1 Å². The number of esters is 1. The van der Waals surface area contributed by atoms with Crippen LogP contribution in [0.25, 0.3) is 23.1 Å². The highest BCUT2D eigenvalue weighted by Gasteiger charge is 2.31. The van der Waals surface area contributed by atoms with Gasteiger partial charge in [-0.15, -0.1) is 0 Å². The first-order chi connectivity index (χ1) is 20.4. The molecule has 1 aliphatic rings. The molecule has 1 aromatic heterocycles. The number of furan rings is 1. The number of carbonyl (C=O) groups excluding carboxylic acids is 2. The first-order valence-electron chi connectivity index (χ1n) is 13.2. The van der Waals surface area contributed by atoms with Gasteiger partial charge >= 0.3 is 5.97 Å². The molecule has 0 bridgehead atoms. The average molecular weight is 637 g/mol. The van der Waals surface area contributed by atoms with Crippen LogP contribution in [-0.2, 0) is 16.1 Å². The summed E-state index contributed by atoms with van der Waals surface area (Å²) in [5.41, 5.74) is 4.80. The van der Waals surface area contributed by atoms with E-state index in [1.165, 1.54) is 0 Å². The summed E-state index contributed by atoms with van der Waals surface area (Å²) in [6.45, 7) is 0.181. The fourth-order valence-electron chi connectivity index (χ4n) is 4.61. The van der Waals surface area contributed by atoms with E-state index >= 15 is 0 Å². The zero-order valence-electron chi connectivity index (χ0n) is 22.2. The van der Waals surface area contributed by atoms with E-state index in [-0.39, 0.29) is 12.5 Å². The Kier molecular flexibility index (Phi) is 7.91. The minimum Gasteiger partial charge on any atom is -0.457 e. The Morgan fingerprint density at radius 1 is 0.833 bits per heavy atom. The molecule has 2 heterocycles. The van der Waals surface area contributed by atoms with Crippen molar-refractivity contribution >= 4 is 56.9 Å². The Bertz CT molecular complexity index is 1810. The number of hydrogen-bond acceptors (Lipinski definition) is 4. The minimum atomic E-state index is -0.438. The van der Waals surface area contributed by atoms with Crippen LogP contribution in [-0.4, -0.2) is 11.9 Å². The molecule has 0 aliphatic carbocycles. The molecular weight excluding hydrogens is 614 g/mol. The largest absolute Gasteiger partial charge is 0.457 e. The quantitative estimate of drug-likeness (QED) is 0.132. The van der Waals surface area contributed by atoms with Gasteiger partial charge in [0.1, 0.15) is 18.1 Å². The molecule has 0 radical (unpaired) electrons. The maximum Gasteiger partial charge on any atom is 0.338 e. The number of ether oxygens (including phenoxy) is 1. The zero-order chi connectivity index (χ0) is 29.1. The number of rotatable bonds is 7. The maximum absolute atomic E-state index is 13.8. The summed E-state index contributed by atoms with van der Waals surface area (Å²) in [7, 11) is 0. The van der Waals surface area contributed by atoms with Gasteiger partial charge in [0.05, 0.1) is 11.3 Å². The van der Waals surface area contributed by atoms with Gasteiger partial charge < -0.3 is 9.15 Å². The fourth-order valence-corrected chi connectivity index (χ4v) is 5.00. The number of hydrogen-bond donors (Lipinski definition) is 0. The second-order valence-corrected chi connectivity index (χ2v) is 10.9. The summed E-state index contributed by atoms with van der Waals surface area (Å²) < 4.78 is 12.5. The number of nitrogens with zero attached hydrogens (tertiary/aromatic N) is 1. The van der Waals surface area contributed by atoms with Crippen LogP contribution in [0.4, 0.5) is 5.69 Å². The summed E-state index contributed by atoms with van der Waals surface area (Å²) in [6, 6.07) is 35.1. The van der Waals surface area contributed by atoms with Crippen molar-refractivity contribution in [1.82, 2.24) is 0 Å². The van der Waals surface area contributed by atoms with E-state index in [1.54, 1.807) is 47.4 Å².